The summed E-state index contributed by atoms with van der Waals surface area (Å²) >= 11 is 6.92. The van der Waals surface area contributed by atoms with Crippen LogP contribution in [0.5, 0.6) is 5.75 Å². The molecule has 0 saturated carbocycles. The van der Waals surface area contributed by atoms with Gasteiger partial charge in [0.2, 0.25) is 0 Å². The molecule has 0 aliphatic carbocycles. The molecule has 2 N–H and O–H groups in total. The summed E-state index contributed by atoms with van der Waals surface area (Å²) in [5.41, 5.74) is 2.32. The zero-order valence-electron chi connectivity index (χ0n) is 15.4. The second-order valence-corrected chi connectivity index (χ2v) is 8.26. The highest BCUT2D eigenvalue weighted by molar-refractivity contribution is 9.10. The maximum Gasteiger partial charge on any atom is 0.255 e. The molecule has 0 aliphatic rings. The van der Waals surface area contributed by atoms with E-state index in [1.807, 2.05) is 28.8 Å². The Kier molecular flexibility index (Phi) is 5.58. The average Bonchev–Trinajstić information content (AvgIpc) is 3.00. The van der Waals surface area contributed by atoms with E-state index >= 15 is 0 Å². The Morgan fingerprint density at radius 2 is 1.97 bits per heavy atom. The molecule has 0 fully saturated rings. The molecular weight excluding hydrogens is 502 g/mol. The van der Waals surface area contributed by atoms with Gasteiger partial charge in [-0.2, -0.15) is 0 Å². The fourth-order valence-electron chi connectivity index (χ4n) is 3.32. The van der Waals surface area contributed by atoms with E-state index in [-0.39, 0.29) is 6.54 Å². The molecule has 6 nitrogen and oxygen atoms in total. The van der Waals surface area contributed by atoms with Crippen molar-refractivity contribution in [2.45, 2.75) is 12.6 Å². The molecule has 29 heavy (non-hydrogen) atoms. The summed E-state index contributed by atoms with van der Waals surface area (Å²) in [5, 5.41) is 15.3. The number of nitrogens with one attached hydrogen (secondary N) is 1. The van der Waals surface area contributed by atoms with Crippen LogP contribution in [0, 0.1) is 0 Å². The smallest absolute Gasteiger partial charge is 0.255 e. The van der Waals surface area contributed by atoms with Crippen LogP contribution >= 0.6 is 31.9 Å². The van der Waals surface area contributed by atoms with E-state index in [9.17, 15) is 9.90 Å². The summed E-state index contributed by atoms with van der Waals surface area (Å²) in [6, 6.07) is 14.8. The normalized spacial score (nSPS) is 12.3. The maximum atomic E-state index is 12.6. The van der Waals surface area contributed by atoms with Crippen LogP contribution in [-0.4, -0.2) is 33.8 Å². The summed E-state index contributed by atoms with van der Waals surface area (Å²) in [4.78, 5) is 16.9. The lowest BCUT2D eigenvalue weighted by atomic mass is 10.2. The number of rotatable bonds is 5. The number of fused-ring (bicyclic) bond motifs is 3. The van der Waals surface area contributed by atoms with Crippen LogP contribution in [0.4, 0.5) is 5.69 Å². The van der Waals surface area contributed by atoms with Crippen molar-refractivity contribution >= 4 is 65.3 Å². The van der Waals surface area contributed by atoms with Gasteiger partial charge >= 0.3 is 0 Å². The van der Waals surface area contributed by atoms with Crippen LogP contribution in [0.25, 0.3) is 21.8 Å². The lowest BCUT2D eigenvalue weighted by Gasteiger charge is -2.14. The number of carbonyl (C=O) groups excluding carboxylic acids is 1. The Hall–Kier alpha value is -2.42. The van der Waals surface area contributed by atoms with E-state index in [4.69, 9.17) is 4.74 Å². The van der Waals surface area contributed by atoms with Crippen LogP contribution in [0.3, 0.4) is 0 Å². The summed E-state index contributed by atoms with van der Waals surface area (Å²) in [7, 11) is 1.56. The molecule has 2 aromatic carbocycles. The van der Waals surface area contributed by atoms with E-state index in [2.05, 4.69) is 42.2 Å². The Morgan fingerprint density at radius 3 is 2.76 bits per heavy atom. The zero-order valence-corrected chi connectivity index (χ0v) is 18.6. The molecular formula is C21H17Br2N3O3. The first-order valence-electron chi connectivity index (χ1n) is 8.82. The molecule has 2 aromatic heterocycles. The monoisotopic (exact) mass is 517 g/mol. The van der Waals surface area contributed by atoms with Gasteiger partial charge in [0.25, 0.3) is 5.91 Å². The third-order valence-corrected chi connectivity index (χ3v) is 5.60. The van der Waals surface area contributed by atoms with Crippen LogP contribution in [0.1, 0.15) is 0 Å². The SMILES string of the molecule is COc1cccc(NC(=O)C(O)Cn2c3ccc(Br)cc3c3cc(Br)ncc32)c1. The fourth-order valence-corrected chi connectivity index (χ4v) is 4.01. The first-order chi connectivity index (χ1) is 14.0. The first-order valence-corrected chi connectivity index (χ1v) is 10.4. The molecule has 1 atom stereocenters. The van der Waals surface area contributed by atoms with Gasteiger partial charge in [-0.25, -0.2) is 4.98 Å². The molecule has 2 heterocycles. The van der Waals surface area contributed by atoms with Gasteiger partial charge < -0.3 is 19.7 Å². The number of aromatic nitrogens is 2. The molecule has 1 amide bonds. The zero-order chi connectivity index (χ0) is 20.5. The number of hydrogen-bond donors (Lipinski definition) is 2. The summed E-state index contributed by atoms with van der Waals surface area (Å²) in [5.74, 6) is 0.136. The van der Waals surface area contributed by atoms with Gasteiger partial charge in [0.05, 0.1) is 25.4 Å². The number of aliphatic hydroxyl groups is 1. The lowest BCUT2D eigenvalue weighted by molar-refractivity contribution is -0.124. The van der Waals surface area contributed by atoms with Gasteiger partial charge in [0.1, 0.15) is 10.4 Å². The molecule has 0 spiro atoms. The maximum absolute atomic E-state index is 12.6. The highest BCUT2D eigenvalue weighted by atomic mass is 79.9. The van der Waals surface area contributed by atoms with Crippen molar-refractivity contribution in [1.29, 1.82) is 0 Å². The second-order valence-electron chi connectivity index (χ2n) is 6.53. The standard InChI is InChI=1S/C21H17Br2N3O3/c1-29-14-4-2-3-13(8-14)25-21(28)19(27)11-26-17-6-5-12(22)7-15(17)16-9-20(23)24-10-18(16)26/h2-10,19,27H,11H2,1H3,(H,25,28). The largest absolute Gasteiger partial charge is 0.497 e. The number of carbonyl (C=O) groups is 1. The van der Waals surface area contributed by atoms with E-state index in [1.54, 1.807) is 37.6 Å². The lowest BCUT2D eigenvalue weighted by Crippen LogP contribution is -2.31. The van der Waals surface area contributed by atoms with Crippen LogP contribution in [0.2, 0.25) is 0 Å². The first kappa shape index (κ1) is 19.9. The molecule has 8 heteroatoms. The Bertz CT molecular complexity index is 1160. The highest BCUT2D eigenvalue weighted by Gasteiger charge is 2.20. The highest BCUT2D eigenvalue weighted by Crippen LogP contribution is 2.32. The quantitative estimate of drug-likeness (QED) is 0.375. The number of halogens is 2. The molecule has 148 valence electrons. The Labute approximate surface area is 183 Å². The number of amides is 1. The second kappa shape index (κ2) is 8.14. The van der Waals surface area contributed by atoms with Crippen molar-refractivity contribution < 1.29 is 14.6 Å². The van der Waals surface area contributed by atoms with Crippen molar-refractivity contribution in [3.63, 3.8) is 0 Å². The van der Waals surface area contributed by atoms with E-state index in [1.165, 1.54) is 0 Å². The summed E-state index contributed by atoms with van der Waals surface area (Å²) in [6.07, 6.45) is 0.493. The van der Waals surface area contributed by atoms with Gasteiger partial charge in [-0.05, 0) is 52.3 Å². The molecule has 0 radical (unpaired) electrons. The third-order valence-electron chi connectivity index (χ3n) is 4.68. The average molecular weight is 519 g/mol. The van der Waals surface area contributed by atoms with Gasteiger partial charge in [0, 0.05) is 32.5 Å². The third kappa shape index (κ3) is 4.01. The molecule has 0 saturated heterocycles. The van der Waals surface area contributed by atoms with Crippen LogP contribution in [-0.2, 0) is 11.3 Å². The van der Waals surface area contributed by atoms with Crippen LogP contribution in [0.15, 0.2) is 63.8 Å². The molecule has 0 bridgehead atoms. The molecule has 4 rings (SSSR count). The number of hydrogen-bond acceptors (Lipinski definition) is 4. The predicted molar refractivity (Wildman–Crippen MR) is 120 cm³/mol. The van der Waals surface area contributed by atoms with E-state index in [0.717, 1.165) is 30.9 Å². The van der Waals surface area contributed by atoms with Crippen LogP contribution < -0.4 is 10.1 Å². The Balaban J connectivity index is 1.66. The number of ether oxygens (including phenoxy) is 1. The number of pyridine rings is 1. The minimum atomic E-state index is -1.24. The van der Waals surface area contributed by atoms with Gasteiger partial charge in [-0.3, -0.25) is 4.79 Å². The topological polar surface area (TPSA) is 76.4 Å². The van der Waals surface area contributed by atoms with Crippen molar-refractivity contribution in [1.82, 2.24) is 9.55 Å². The number of aliphatic hydroxyl groups excluding tert-OH is 1. The number of anilines is 1. The number of benzene rings is 2. The summed E-state index contributed by atoms with van der Waals surface area (Å²) in [6.45, 7) is 0.0980. The minimum absolute atomic E-state index is 0.0980. The van der Waals surface area contributed by atoms with Gasteiger partial charge in [-0.1, -0.05) is 22.0 Å². The fraction of sp³-hybridized carbons (Fsp3) is 0.143. The van der Waals surface area contributed by atoms with Crippen molar-refractivity contribution in [3.05, 3.63) is 63.8 Å². The van der Waals surface area contributed by atoms with Gasteiger partial charge in [0.15, 0.2) is 6.10 Å². The number of nitrogens with zero attached hydrogens (tertiary/aromatic N) is 2. The predicted octanol–water partition coefficient (Wildman–Crippen LogP) is 4.72. The van der Waals surface area contributed by atoms with Crippen molar-refractivity contribution in [3.8, 4) is 5.75 Å². The molecule has 4 aromatic rings. The molecule has 0 aliphatic heterocycles. The Morgan fingerprint density at radius 1 is 1.17 bits per heavy atom. The van der Waals surface area contributed by atoms with E-state index < -0.39 is 12.0 Å². The summed E-state index contributed by atoms with van der Waals surface area (Å²) < 4.78 is 8.75. The molecule has 1 unspecified atom stereocenters. The number of methoxy groups -OCH3 is 1. The van der Waals surface area contributed by atoms with Crippen molar-refractivity contribution in [2.75, 3.05) is 12.4 Å². The minimum Gasteiger partial charge on any atom is -0.497 e. The van der Waals surface area contributed by atoms with E-state index in [0.29, 0.717) is 11.4 Å². The van der Waals surface area contributed by atoms with Crippen molar-refractivity contribution in [2.24, 2.45) is 0 Å². The van der Waals surface area contributed by atoms with Gasteiger partial charge in [-0.15, -0.1) is 0 Å².